The molecule has 0 saturated heterocycles. The van der Waals surface area contributed by atoms with Gasteiger partial charge in [0, 0.05) is 20.0 Å². The molecule has 1 amide bonds. The van der Waals surface area contributed by atoms with E-state index in [1.807, 2.05) is 25.1 Å². The zero-order valence-corrected chi connectivity index (χ0v) is 16.3. The fourth-order valence-electron chi connectivity index (χ4n) is 2.60. The summed E-state index contributed by atoms with van der Waals surface area (Å²) in [6.45, 7) is 3.95. The van der Waals surface area contributed by atoms with Gasteiger partial charge in [0.15, 0.2) is 12.3 Å². The highest BCUT2D eigenvalue weighted by Gasteiger charge is 2.19. The maximum atomic E-state index is 12.5. The molecular formula is C18H17N5O4S. The summed E-state index contributed by atoms with van der Waals surface area (Å²) in [6, 6.07) is 5.71. The van der Waals surface area contributed by atoms with Crippen molar-refractivity contribution in [2.45, 2.75) is 27.0 Å². The smallest absolute Gasteiger partial charge is 0.276 e. The van der Waals surface area contributed by atoms with Gasteiger partial charge in [-0.05, 0) is 19.1 Å². The van der Waals surface area contributed by atoms with Crippen LogP contribution in [0.15, 0.2) is 33.3 Å². The average molecular weight is 399 g/mol. The maximum Gasteiger partial charge on any atom is 0.276 e. The van der Waals surface area contributed by atoms with Gasteiger partial charge in [0.1, 0.15) is 12.0 Å². The van der Waals surface area contributed by atoms with Gasteiger partial charge in [-0.2, -0.15) is 0 Å². The minimum atomic E-state index is -0.315. The summed E-state index contributed by atoms with van der Waals surface area (Å²) in [5.74, 6) is 1.45. The molecule has 3 heterocycles. The summed E-state index contributed by atoms with van der Waals surface area (Å²) in [6.07, 6.45) is 1.31. The van der Waals surface area contributed by atoms with E-state index in [1.165, 1.54) is 11.2 Å². The van der Waals surface area contributed by atoms with E-state index < -0.39 is 0 Å². The Labute approximate surface area is 164 Å². The number of aromatic nitrogens is 4. The van der Waals surface area contributed by atoms with Gasteiger partial charge >= 0.3 is 0 Å². The van der Waals surface area contributed by atoms with E-state index in [9.17, 15) is 4.79 Å². The van der Waals surface area contributed by atoms with Gasteiger partial charge in [-0.25, -0.2) is 9.97 Å². The first kappa shape index (κ1) is 18.1. The molecule has 0 atom stereocenters. The Balaban J connectivity index is 1.38. The van der Waals surface area contributed by atoms with Gasteiger partial charge in [0.2, 0.25) is 17.7 Å². The Hall–Kier alpha value is -3.27. The first-order valence-electron chi connectivity index (χ1n) is 8.47. The van der Waals surface area contributed by atoms with Crippen molar-refractivity contribution in [1.29, 1.82) is 0 Å². The third-order valence-electron chi connectivity index (χ3n) is 3.89. The number of ether oxygens (including phenoxy) is 1. The Morgan fingerprint density at radius 1 is 1.21 bits per heavy atom. The second kappa shape index (κ2) is 7.39. The molecule has 144 valence electrons. The number of nitrogens with zero attached hydrogens (tertiary/aromatic N) is 5. The van der Waals surface area contributed by atoms with Crippen molar-refractivity contribution >= 4 is 27.5 Å². The molecule has 28 heavy (non-hydrogen) atoms. The van der Waals surface area contributed by atoms with Gasteiger partial charge in [-0.3, -0.25) is 4.79 Å². The van der Waals surface area contributed by atoms with Crippen molar-refractivity contribution < 1.29 is 18.4 Å². The van der Waals surface area contributed by atoms with Gasteiger partial charge < -0.3 is 18.5 Å². The molecule has 0 bridgehead atoms. The van der Waals surface area contributed by atoms with Crippen LogP contribution in [0.3, 0.4) is 0 Å². The summed E-state index contributed by atoms with van der Waals surface area (Å²) in [7, 11) is 1.62. The summed E-state index contributed by atoms with van der Waals surface area (Å²) < 4.78 is 17.5. The van der Waals surface area contributed by atoms with Gasteiger partial charge in [0.25, 0.3) is 5.91 Å². The molecule has 0 saturated carbocycles. The number of carbonyl (C=O) groups is 1. The zero-order valence-electron chi connectivity index (χ0n) is 15.5. The SMILES string of the molecule is Cc1nnc(CN(C)C(=O)c2coc(COc3ccc4sc(C)nc4c3)n2)o1. The highest BCUT2D eigenvalue weighted by Crippen LogP contribution is 2.26. The normalized spacial score (nSPS) is 11.1. The number of rotatable bonds is 6. The van der Waals surface area contributed by atoms with E-state index in [0.29, 0.717) is 23.4 Å². The number of hydrogen-bond donors (Lipinski definition) is 0. The number of carbonyl (C=O) groups excluding carboxylic acids is 1. The van der Waals surface area contributed by atoms with Crippen LogP contribution in [-0.4, -0.2) is 38.0 Å². The van der Waals surface area contributed by atoms with E-state index >= 15 is 0 Å². The minimum absolute atomic E-state index is 0.106. The standard InChI is InChI=1S/C18H17N5O4S/c1-10-21-22-16(27-10)7-23(3)18(24)14-8-26-17(20-14)9-25-12-4-5-15-13(6-12)19-11(2)28-15/h4-6,8H,7,9H2,1-3H3. The van der Waals surface area contributed by atoms with Gasteiger partial charge in [-0.15, -0.1) is 21.5 Å². The van der Waals surface area contributed by atoms with Crippen molar-refractivity contribution in [3.8, 4) is 5.75 Å². The lowest BCUT2D eigenvalue weighted by atomic mass is 10.3. The molecule has 0 unspecified atom stereocenters. The van der Waals surface area contributed by atoms with Crippen molar-refractivity contribution in [3.63, 3.8) is 0 Å². The van der Waals surface area contributed by atoms with Crippen LogP contribution in [0.25, 0.3) is 10.2 Å². The number of thiazole rings is 1. The largest absolute Gasteiger partial charge is 0.484 e. The van der Waals surface area contributed by atoms with Crippen molar-refractivity contribution in [1.82, 2.24) is 25.1 Å². The summed E-state index contributed by atoms with van der Waals surface area (Å²) >= 11 is 1.63. The third-order valence-corrected chi connectivity index (χ3v) is 4.84. The molecule has 0 aliphatic carbocycles. The summed E-state index contributed by atoms with van der Waals surface area (Å²) in [5, 5.41) is 8.62. The number of fused-ring (bicyclic) bond motifs is 1. The number of benzene rings is 1. The molecule has 0 aliphatic heterocycles. The predicted octanol–water partition coefficient (Wildman–Crippen LogP) is 3.14. The lowest BCUT2D eigenvalue weighted by Crippen LogP contribution is -2.26. The molecule has 3 aromatic heterocycles. The first-order chi connectivity index (χ1) is 13.5. The molecule has 1 aromatic carbocycles. The van der Waals surface area contributed by atoms with Gasteiger partial charge in [0.05, 0.1) is 21.8 Å². The van der Waals surface area contributed by atoms with Crippen molar-refractivity contribution in [3.05, 3.63) is 52.8 Å². The Morgan fingerprint density at radius 2 is 2.07 bits per heavy atom. The third kappa shape index (κ3) is 3.86. The second-order valence-corrected chi connectivity index (χ2v) is 7.39. The molecule has 0 fully saturated rings. The lowest BCUT2D eigenvalue weighted by molar-refractivity contribution is 0.0766. The summed E-state index contributed by atoms with van der Waals surface area (Å²) in [5.41, 5.74) is 1.07. The molecule has 0 spiro atoms. The minimum Gasteiger partial charge on any atom is -0.484 e. The first-order valence-corrected chi connectivity index (χ1v) is 9.28. The highest BCUT2D eigenvalue weighted by atomic mass is 32.1. The van der Waals surface area contributed by atoms with Crippen molar-refractivity contribution in [2.24, 2.45) is 0 Å². The predicted molar refractivity (Wildman–Crippen MR) is 100 cm³/mol. The van der Waals surface area contributed by atoms with E-state index in [1.54, 1.807) is 25.3 Å². The topological polar surface area (TPSA) is 107 Å². The molecular weight excluding hydrogens is 382 g/mol. The molecule has 0 aliphatic rings. The quantitative estimate of drug-likeness (QED) is 0.487. The van der Waals surface area contributed by atoms with Crippen LogP contribution in [0.1, 0.15) is 33.2 Å². The van der Waals surface area contributed by atoms with Crippen LogP contribution in [0, 0.1) is 13.8 Å². The van der Waals surface area contributed by atoms with E-state index in [2.05, 4.69) is 20.2 Å². The van der Waals surface area contributed by atoms with Crippen molar-refractivity contribution in [2.75, 3.05) is 7.05 Å². The number of hydrogen-bond acceptors (Lipinski definition) is 9. The van der Waals surface area contributed by atoms with E-state index in [4.69, 9.17) is 13.6 Å². The van der Waals surface area contributed by atoms with Crippen LogP contribution in [0.4, 0.5) is 0 Å². The number of aryl methyl sites for hydroxylation is 2. The molecule has 0 N–H and O–H groups in total. The second-order valence-electron chi connectivity index (χ2n) is 6.15. The van der Waals surface area contributed by atoms with E-state index in [-0.39, 0.29) is 24.8 Å². The zero-order chi connectivity index (χ0) is 19.7. The Bertz CT molecular complexity index is 1130. The Morgan fingerprint density at radius 3 is 2.86 bits per heavy atom. The maximum absolute atomic E-state index is 12.5. The highest BCUT2D eigenvalue weighted by molar-refractivity contribution is 7.18. The van der Waals surface area contributed by atoms with E-state index in [0.717, 1.165) is 15.2 Å². The molecule has 4 rings (SSSR count). The van der Waals surface area contributed by atoms with Crippen LogP contribution in [0.5, 0.6) is 5.75 Å². The fraction of sp³-hybridized carbons (Fsp3) is 0.278. The Kier molecular flexibility index (Phi) is 4.78. The number of amides is 1. The fourth-order valence-corrected chi connectivity index (χ4v) is 3.41. The van der Waals surface area contributed by atoms with Gasteiger partial charge in [-0.1, -0.05) is 0 Å². The molecule has 10 heteroatoms. The van der Waals surface area contributed by atoms with Crippen LogP contribution >= 0.6 is 11.3 Å². The lowest BCUT2D eigenvalue weighted by Gasteiger charge is -2.12. The monoisotopic (exact) mass is 399 g/mol. The average Bonchev–Trinajstić information content (AvgIpc) is 3.38. The van der Waals surface area contributed by atoms with Crippen LogP contribution in [0.2, 0.25) is 0 Å². The molecule has 4 aromatic rings. The molecule has 0 radical (unpaired) electrons. The summed E-state index contributed by atoms with van der Waals surface area (Å²) in [4.78, 5) is 22.5. The van der Waals surface area contributed by atoms with Crippen LogP contribution < -0.4 is 4.74 Å². The van der Waals surface area contributed by atoms with Crippen LogP contribution in [-0.2, 0) is 13.2 Å². The molecule has 9 nitrogen and oxygen atoms in total. The number of oxazole rings is 1.